The van der Waals surface area contributed by atoms with Crippen LogP contribution in [0.3, 0.4) is 0 Å². The summed E-state index contributed by atoms with van der Waals surface area (Å²) in [6, 6.07) is 7.90. The van der Waals surface area contributed by atoms with Crippen molar-refractivity contribution in [3.63, 3.8) is 0 Å². The zero-order valence-electron chi connectivity index (χ0n) is 6.68. The molecule has 0 radical (unpaired) electrons. The molecular formula is C9H11ClN2. The predicted octanol–water partition coefficient (Wildman–Crippen LogP) is 1.53. The van der Waals surface area contributed by atoms with Crippen LogP contribution in [0.5, 0.6) is 0 Å². The van der Waals surface area contributed by atoms with Crippen LogP contribution in [0.15, 0.2) is 24.3 Å². The smallest absolute Gasteiger partial charge is 0.0850 e. The second kappa shape index (κ2) is 3.44. The highest BCUT2D eigenvalue weighted by molar-refractivity contribution is 6.31. The van der Waals surface area contributed by atoms with E-state index in [0.717, 1.165) is 23.7 Å². The van der Waals surface area contributed by atoms with Gasteiger partial charge in [-0.3, -0.25) is 10.6 Å². The summed E-state index contributed by atoms with van der Waals surface area (Å²) in [5, 5.41) is 7.46. The molecule has 0 amide bonds. The number of nitrogens with one attached hydrogen (secondary N) is 2. The molecular weight excluding hydrogens is 172 g/mol. The molecule has 1 fully saturated rings. The first kappa shape index (κ1) is 8.05. The molecule has 0 unspecified atom stereocenters. The van der Waals surface area contributed by atoms with Crippen molar-refractivity contribution >= 4 is 11.6 Å². The van der Waals surface area contributed by atoms with Crippen LogP contribution in [-0.2, 0) is 0 Å². The van der Waals surface area contributed by atoms with Crippen LogP contribution in [0.1, 0.15) is 11.7 Å². The first-order valence-corrected chi connectivity index (χ1v) is 4.47. The molecule has 2 rings (SSSR count). The Morgan fingerprint density at radius 2 is 1.83 bits per heavy atom. The van der Waals surface area contributed by atoms with Gasteiger partial charge in [-0.25, -0.2) is 0 Å². The van der Waals surface area contributed by atoms with E-state index < -0.39 is 0 Å². The third kappa shape index (κ3) is 1.46. The summed E-state index contributed by atoms with van der Waals surface area (Å²) in [7, 11) is 0. The van der Waals surface area contributed by atoms with Gasteiger partial charge in [-0.05, 0) is 6.07 Å². The lowest BCUT2D eigenvalue weighted by Crippen LogP contribution is -2.21. The molecule has 1 aromatic rings. The fourth-order valence-corrected chi connectivity index (χ4v) is 1.68. The predicted molar refractivity (Wildman–Crippen MR) is 50.2 cm³/mol. The largest absolute Gasteiger partial charge is 0.297 e. The van der Waals surface area contributed by atoms with Gasteiger partial charge in [-0.15, -0.1) is 0 Å². The first-order valence-electron chi connectivity index (χ1n) is 4.09. The minimum atomic E-state index is 0.235. The van der Waals surface area contributed by atoms with Gasteiger partial charge >= 0.3 is 0 Å². The van der Waals surface area contributed by atoms with Crippen molar-refractivity contribution < 1.29 is 0 Å². The fourth-order valence-electron chi connectivity index (χ4n) is 1.43. The van der Waals surface area contributed by atoms with E-state index in [4.69, 9.17) is 11.6 Å². The molecule has 1 aliphatic heterocycles. The molecule has 1 aromatic carbocycles. The van der Waals surface area contributed by atoms with Gasteiger partial charge in [-0.2, -0.15) is 0 Å². The maximum absolute atomic E-state index is 6.02. The molecule has 1 saturated heterocycles. The molecule has 3 heteroatoms. The zero-order chi connectivity index (χ0) is 8.39. The van der Waals surface area contributed by atoms with Crippen LogP contribution in [0, 0.1) is 0 Å². The van der Waals surface area contributed by atoms with Gasteiger partial charge in [-0.1, -0.05) is 29.8 Å². The van der Waals surface area contributed by atoms with Crippen LogP contribution in [-0.4, -0.2) is 13.1 Å². The number of benzene rings is 1. The standard InChI is InChI=1S/C9H11ClN2/c10-8-4-2-1-3-7(8)9-11-5-6-12-9/h1-4,9,11-12H,5-6H2. The first-order chi connectivity index (χ1) is 5.88. The maximum atomic E-state index is 6.02. The van der Waals surface area contributed by atoms with Crippen molar-refractivity contribution in [2.45, 2.75) is 6.17 Å². The summed E-state index contributed by atoms with van der Waals surface area (Å²) in [5.74, 6) is 0. The van der Waals surface area contributed by atoms with E-state index in [2.05, 4.69) is 10.6 Å². The van der Waals surface area contributed by atoms with Crippen LogP contribution < -0.4 is 10.6 Å². The number of hydrogen-bond donors (Lipinski definition) is 2. The Morgan fingerprint density at radius 1 is 1.17 bits per heavy atom. The third-order valence-electron chi connectivity index (χ3n) is 2.04. The summed E-state index contributed by atoms with van der Waals surface area (Å²) in [6.07, 6.45) is 0.235. The van der Waals surface area contributed by atoms with Crippen molar-refractivity contribution in [2.24, 2.45) is 0 Å². The lowest BCUT2D eigenvalue weighted by atomic mass is 10.2. The second-order valence-corrected chi connectivity index (χ2v) is 3.27. The number of rotatable bonds is 1. The molecule has 0 atom stereocenters. The maximum Gasteiger partial charge on any atom is 0.0850 e. The highest BCUT2D eigenvalue weighted by atomic mass is 35.5. The molecule has 2 nitrogen and oxygen atoms in total. The van der Waals surface area contributed by atoms with Crippen LogP contribution in [0.25, 0.3) is 0 Å². The van der Waals surface area contributed by atoms with E-state index in [1.54, 1.807) is 0 Å². The minimum Gasteiger partial charge on any atom is -0.297 e. The van der Waals surface area contributed by atoms with Gasteiger partial charge in [0.2, 0.25) is 0 Å². The lowest BCUT2D eigenvalue weighted by Gasteiger charge is -2.12. The van der Waals surface area contributed by atoms with Gasteiger partial charge in [0.25, 0.3) is 0 Å². The Hall–Kier alpha value is -0.570. The van der Waals surface area contributed by atoms with E-state index in [1.165, 1.54) is 0 Å². The Morgan fingerprint density at radius 3 is 2.50 bits per heavy atom. The quantitative estimate of drug-likeness (QED) is 0.689. The summed E-state index contributed by atoms with van der Waals surface area (Å²) in [4.78, 5) is 0. The molecule has 12 heavy (non-hydrogen) atoms. The van der Waals surface area contributed by atoms with Gasteiger partial charge in [0, 0.05) is 23.7 Å². The van der Waals surface area contributed by atoms with E-state index in [-0.39, 0.29) is 6.17 Å². The van der Waals surface area contributed by atoms with Gasteiger partial charge in [0.1, 0.15) is 0 Å². The average Bonchev–Trinajstić information content (AvgIpc) is 2.57. The highest BCUT2D eigenvalue weighted by Crippen LogP contribution is 2.21. The van der Waals surface area contributed by atoms with Gasteiger partial charge in [0.15, 0.2) is 0 Å². The summed E-state index contributed by atoms with van der Waals surface area (Å²) < 4.78 is 0. The monoisotopic (exact) mass is 182 g/mol. The molecule has 0 aliphatic carbocycles. The Bertz CT molecular complexity index is 269. The lowest BCUT2D eigenvalue weighted by molar-refractivity contribution is 0.588. The topological polar surface area (TPSA) is 24.1 Å². The summed E-state index contributed by atoms with van der Waals surface area (Å²) in [6.45, 7) is 2.02. The zero-order valence-corrected chi connectivity index (χ0v) is 7.43. The van der Waals surface area contributed by atoms with E-state index in [0.29, 0.717) is 0 Å². The van der Waals surface area contributed by atoms with Crippen LogP contribution in [0.4, 0.5) is 0 Å². The number of halogens is 1. The average molecular weight is 183 g/mol. The highest BCUT2D eigenvalue weighted by Gasteiger charge is 2.16. The van der Waals surface area contributed by atoms with Crippen molar-refractivity contribution in [3.8, 4) is 0 Å². The van der Waals surface area contributed by atoms with Crippen LogP contribution >= 0.6 is 11.6 Å². The van der Waals surface area contributed by atoms with E-state index in [1.807, 2.05) is 24.3 Å². The fraction of sp³-hybridized carbons (Fsp3) is 0.333. The normalized spacial score (nSPS) is 18.4. The molecule has 1 heterocycles. The van der Waals surface area contributed by atoms with Crippen molar-refractivity contribution in [1.29, 1.82) is 0 Å². The Kier molecular flexibility index (Phi) is 2.30. The molecule has 2 N–H and O–H groups in total. The Labute approximate surface area is 76.9 Å². The van der Waals surface area contributed by atoms with Gasteiger partial charge < -0.3 is 0 Å². The van der Waals surface area contributed by atoms with Crippen LogP contribution in [0.2, 0.25) is 5.02 Å². The van der Waals surface area contributed by atoms with Crippen molar-refractivity contribution in [2.75, 3.05) is 13.1 Å². The molecule has 0 saturated carbocycles. The summed E-state index contributed by atoms with van der Waals surface area (Å²) in [5.41, 5.74) is 1.14. The molecule has 64 valence electrons. The van der Waals surface area contributed by atoms with Gasteiger partial charge in [0.05, 0.1) is 6.17 Å². The van der Waals surface area contributed by atoms with Crippen molar-refractivity contribution in [1.82, 2.24) is 10.6 Å². The van der Waals surface area contributed by atoms with E-state index >= 15 is 0 Å². The molecule has 0 bridgehead atoms. The molecule has 1 aliphatic rings. The Balaban J connectivity index is 2.26. The minimum absolute atomic E-state index is 0.235. The second-order valence-electron chi connectivity index (χ2n) is 2.86. The number of hydrogen-bond acceptors (Lipinski definition) is 2. The SMILES string of the molecule is Clc1ccccc1C1NCCN1. The van der Waals surface area contributed by atoms with E-state index in [9.17, 15) is 0 Å². The summed E-state index contributed by atoms with van der Waals surface area (Å²) >= 11 is 6.02. The molecule has 0 aromatic heterocycles. The van der Waals surface area contributed by atoms with Crippen molar-refractivity contribution in [3.05, 3.63) is 34.9 Å². The third-order valence-corrected chi connectivity index (χ3v) is 2.38. The molecule has 0 spiro atoms.